The van der Waals surface area contributed by atoms with Crippen LogP contribution in [-0.4, -0.2) is 11.6 Å². The normalized spacial score (nSPS) is 10.6. The second kappa shape index (κ2) is 5.11. The number of aromatic nitrogens is 1. The van der Waals surface area contributed by atoms with Crippen LogP contribution in [0.2, 0.25) is 0 Å². The van der Waals surface area contributed by atoms with Crippen molar-refractivity contribution in [3.8, 4) is 16.9 Å². The number of para-hydroxylation sites is 1. The fourth-order valence-corrected chi connectivity index (χ4v) is 2.29. The summed E-state index contributed by atoms with van der Waals surface area (Å²) in [7, 11) is 0. The number of ether oxygens (including phenoxy) is 1. The van der Waals surface area contributed by atoms with Gasteiger partial charge >= 0.3 is 0 Å². The van der Waals surface area contributed by atoms with Crippen LogP contribution in [0, 0.1) is 0 Å². The van der Waals surface area contributed by atoms with Gasteiger partial charge in [-0.05, 0) is 30.2 Å². The van der Waals surface area contributed by atoms with Crippen LogP contribution in [0.1, 0.15) is 6.92 Å². The second-order valence-corrected chi connectivity index (χ2v) is 4.31. The van der Waals surface area contributed by atoms with Crippen LogP contribution in [0.25, 0.3) is 22.0 Å². The number of nitrogens with zero attached hydrogens (tertiary/aromatic N) is 1. The van der Waals surface area contributed by atoms with Crippen molar-refractivity contribution in [3.63, 3.8) is 0 Å². The van der Waals surface area contributed by atoms with Gasteiger partial charge < -0.3 is 4.74 Å². The molecule has 0 aliphatic rings. The Labute approximate surface area is 112 Å². The van der Waals surface area contributed by atoms with Crippen molar-refractivity contribution in [1.29, 1.82) is 0 Å². The molecule has 0 amide bonds. The lowest BCUT2D eigenvalue weighted by Crippen LogP contribution is -1.94. The van der Waals surface area contributed by atoms with E-state index in [2.05, 4.69) is 23.2 Å². The molecule has 0 aliphatic carbocycles. The maximum Gasteiger partial charge on any atom is 0.145 e. The summed E-state index contributed by atoms with van der Waals surface area (Å²) < 4.78 is 5.65. The molecule has 1 heterocycles. The van der Waals surface area contributed by atoms with Gasteiger partial charge in [-0.25, -0.2) is 0 Å². The highest BCUT2D eigenvalue weighted by atomic mass is 16.5. The minimum absolute atomic E-state index is 0.649. The molecular weight excluding hydrogens is 234 g/mol. The van der Waals surface area contributed by atoms with Crippen LogP contribution in [0.4, 0.5) is 0 Å². The molecular formula is C17H15NO. The van der Waals surface area contributed by atoms with Gasteiger partial charge in [0.2, 0.25) is 0 Å². The highest BCUT2D eigenvalue weighted by Gasteiger charge is 2.07. The van der Waals surface area contributed by atoms with E-state index < -0.39 is 0 Å². The number of hydrogen-bond acceptors (Lipinski definition) is 2. The van der Waals surface area contributed by atoms with Crippen molar-refractivity contribution in [2.45, 2.75) is 6.92 Å². The van der Waals surface area contributed by atoms with Gasteiger partial charge in [-0.2, -0.15) is 0 Å². The van der Waals surface area contributed by atoms with Gasteiger partial charge in [-0.15, -0.1) is 0 Å². The number of hydrogen-bond donors (Lipinski definition) is 0. The molecule has 94 valence electrons. The van der Waals surface area contributed by atoms with Gasteiger partial charge in [0.05, 0.1) is 6.61 Å². The topological polar surface area (TPSA) is 22.1 Å². The van der Waals surface area contributed by atoms with E-state index in [9.17, 15) is 0 Å². The quantitative estimate of drug-likeness (QED) is 0.690. The highest BCUT2D eigenvalue weighted by Crippen LogP contribution is 2.31. The summed E-state index contributed by atoms with van der Waals surface area (Å²) in [6.45, 7) is 2.64. The Balaban J connectivity index is 2.25. The molecule has 0 atom stereocenters. The maximum absolute atomic E-state index is 5.65. The van der Waals surface area contributed by atoms with Crippen molar-refractivity contribution in [2.24, 2.45) is 0 Å². The minimum atomic E-state index is 0.649. The summed E-state index contributed by atoms with van der Waals surface area (Å²) in [5.41, 5.74) is 3.31. The average Bonchev–Trinajstić information content (AvgIpc) is 2.48. The number of benzene rings is 2. The molecule has 0 spiro atoms. The predicted octanol–water partition coefficient (Wildman–Crippen LogP) is 4.30. The SMILES string of the molecule is CCOc1cccc2c(-c3ccccc3)ccnc12. The monoisotopic (exact) mass is 249 g/mol. The van der Waals surface area contributed by atoms with Crippen LogP contribution in [-0.2, 0) is 0 Å². The average molecular weight is 249 g/mol. The van der Waals surface area contributed by atoms with Crippen molar-refractivity contribution >= 4 is 10.9 Å². The number of pyridine rings is 1. The summed E-state index contributed by atoms with van der Waals surface area (Å²) in [5.74, 6) is 0.845. The minimum Gasteiger partial charge on any atom is -0.492 e. The molecule has 0 N–H and O–H groups in total. The fraction of sp³-hybridized carbons (Fsp3) is 0.118. The Hall–Kier alpha value is -2.35. The van der Waals surface area contributed by atoms with Crippen molar-refractivity contribution in [3.05, 3.63) is 60.8 Å². The third-order valence-corrected chi connectivity index (χ3v) is 3.12. The largest absolute Gasteiger partial charge is 0.492 e. The predicted molar refractivity (Wildman–Crippen MR) is 78.3 cm³/mol. The van der Waals surface area contributed by atoms with Crippen LogP contribution < -0.4 is 4.74 Å². The standard InChI is InChI=1S/C17H15NO/c1-2-19-16-10-6-9-15-14(11-12-18-17(15)16)13-7-4-3-5-8-13/h3-12H,2H2,1H3. The molecule has 3 aromatic rings. The Kier molecular flexibility index (Phi) is 3.15. The van der Waals surface area contributed by atoms with Gasteiger partial charge in [0.1, 0.15) is 11.3 Å². The first-order valence-corrected chi connectivity index (χ1v) is 6.46. The second-order valence-electron chi connectivity index (χ2n) is 4.31. The molecule has 0 unspecified atom stereocenters. The Morgan fingerprint density at radius 2 is 1.79 bits per heavy atom. The summed E-state index contributed by atoms with van der Waals surface area (Å²) in [6.07, 6.45) is 1.84. The lowest BCUT2D eigenvalue weighted by atomic mass is 10.0. The maximum atomic E-state index is 5.65. The van der Waals surface area contributed by atoms with E-state index in [1.165, 1.54) is 11.1 Å². The van der Waals surface area contributed by atoms with E-state index in [4.69, 9.17) is 4.74 Å². The molecule has 3 rings (SSSR count). The lowest BCUT2D eigenvalue weighted by Gasteiger charge is -2.10. The lowest BCUT2D eigenvalue weighted by molar-refractivity contribution is 0.343. The first kappa shape index (κ1) is 11.7. The summed E-state index contributed by atoms with van der Waals surface area (Å²) in [4.78, 5) is 4.46. The smallest absolute Gasteiger partial charge is 0.145 e. The third kappa shape index (κ3) is 2.17. The van der Waals surface area contributed by atoms with E-state index in [0.717, 1.165) is 16.7 Å². The molecule has 0 fully saturated rings. The van der Waals surface area contributed by atoms with E-state index in [1.807, 2.05) is 49.5 Å². The van der Waals surface area contributed by atoms with E-state index >= 15 is 0 Å². The molecule has 0 saturated heterocycles. The van der Waals surface area contributed by atoms with E-state index in [-0.39, 0.29) is 0 Å². The number of rotatable bonds is 3. The van der Waals surface area contributed by atoms with Crippen molar-refractivity contribution in [1.82, 2.24) is 4.98 Å². The van der Waals surface area contributed by atoms with Gasteiger partial charge in [0.15, 0.2) is 0 Å². The van der Waals surface area contributed by atoms with Crippen molar-refractivity contribution < 1.29 is 4.74 Å². The molecule has 19 heavy (non-hydrogen) atoms. The molecule has 2 aromatic carbocycles. The van der Waals surface area contributed by atoms with Crippen LogP contribution in [0.15, 0.2) is 60.8 Å². The molecule has 0 bridgehead atoms. The molecule has 0 radical (unpaired) electrons. The zero-order chi connectivity index (χ0) is 13.1. The zero-order valence-electron chi connectivity index (χ0n) is 10.8. The van der Waals surface area contributed by atoms with Gasteiger partial charge in [0, 0.05) is 11.6 Å². The van der Waals surface area contributed by atoms with Crippen LogP contribution >= 0.6 is 0 Å². The number of fused-ring (bicyclic) bond motifs is 1. The molecule has 2 heteroatoms. The fourth-order valence-electron chi connectivity index (χ4n) is 2.29. The summed E-state index contributed by atoms with van der Waals surface area (Å²) in [6, 6.07) is 18.5. The summed E-state index contributed by atoms with van der Waals surface area (Å²) >= 11 is 0. The molecule has 0 aliphatic heterocycles. The van der Waals surface area contributed by atoms with Crippen LogP contribution in [0.3, 0.4) is 0 Å². The molecule has 0 saturated carbocycles. The third-order valence-electron chi connectivity index (χ3n) is 3.12. The van der Waals surface area contributed by atoms with Gasteiger partial charge in [0.25, 0.3) is 0 Å². The molecule has 1 aromatic heterocycles. The Morgan fingerprint density at radius 1 is 0.947 bits per heavy atom. The zero-order valence-corrected chi connectivity index (χ0v) is 10.8. The van der Waals surface area contributed by atoms with E-state index in [1.54, 1.807) is 0 Å². The Morgan fingerprint density at radius 3 is 2.58 bits per heavy atom. The first-order chi connectivity index (χ1) is 9.40. The summed E-state index contributed by atoms with van der Waals surface area (Å²) in [5, 5.41) is 1.12. The van der Waals surface area contributed by atoms with Gasteiger partial charge in [-0.3, -0.25) is 4.98 Å². The Bertz CT molecular complexity index is 692. The van der Waals surface area contributed by atoms with Crippen molar-refractivity contribution in [2.75, 3.05) is 6.61 Å². The van der Waals surface area contributed by atoms with Gasteiger partial charge in [-0.1, -0.05) is 42.5 Å². The first-order valence-electron chi connectivity index (χ1n) is 6.46. The highest BCUT2D eigenvalue weighted by molar-refractivity contribution is 5.97. The van der Waals surface area contributed by atoms with E-state index in [0.29, 0.717) is 6.61 Å². The van der Waals surface area contributed by atoms with Crippen LogP contribution in [0.5, 0.6) is 5.75 Å². The molecule has 2 nitrogen and oxygen atoms in total.